The Hall–Kier alpha value is -1.95. The van der Waals surface area contributed by atoms with Crippen LogP contribution < -0.4 is 5.32 Å². The van der Waals surface area contributed by atoms with Crippen molar-refractivity contribution in [3.63, 3.8) is 0 Å². The molecule has 0 amide bonds. The first kappa shape index (κ1) is 11.1. The fraction of sp³-hybridized carbons (Fsp3) is 0.222. The highest BCUT2D eigenvalue weighted by atomic mass is 16.4. The van der Waals surface area contributed by atoms with Gasteiger partial charge in [0.15, 0.2) is 11.5 Å². The second-order valence-corrected chi connectivity index (χ2v) is 2.89. The first-order valence-electron chi connectivity index (χ1n) is 4.17. The number of nitrogens with one attached hydrogen (secondary N) is 1. The number of aliphatic hydroxyl groups is 1. The number of aliphatic carboxylic acids is 1. The standard InChI is InChI=1S/C9H11NO5/c11-4-6(9(14)15)10-5-2-1-3-7(12)8(5)13/h1-3,6,10-13H,4H2,(H,14,15)/t6-/m1/s1. The quantitative estimate of drug-likeness (QED) is 0.449. The van der Waals surface area contributed by atoms with Gasteiger partial charge in [-0.1, -0.05) is 6.07 Å². The van der Waals surface area contributed by atoms with E-state index in [1.807, 2.05) is 0 Å². The summed E-state index contributed by atoms with van der Waals surface area (Å²) in [5.74, 6) is -2.06. The smallest absolute Gasteiger partial charge is 0.328 e. The van der Waals surface area contributed by atoms with Gasteiger partial charge < -0.3 is 25.7 Å². The van der Waals surface area contributed by atoms with Crippen LogP contribution in [0, 0.1) is 0 Å². The Balaban J connectivity index is 2.88. The number of aromatic hydroxyl groups is 2. The van der Waals surface area contributed by atoms with Gasteiger partial charge in [-0.2, -0.15) is 0 Å². The number of para-hydroxylation sites is 1. The normalized spacial score (nSPS) is 12.1. The lowest BCUT2D eigenvalue weighted by atomic mass is 10.2. The number of anilines is 1. The Morgan fingerprint density at radius 3 is 2.60 bits per heavy atom. The van der Waals surface area contributed by atoms with Crippen molar-refractivity contribution in [2.24, 2.45) is 0 Å². The summed E-state index contributed by atoms with van der Waals surface area (Å²) >= 11 is 0. The number of rotatable bonds is 4. The summed E-state index contributed by atoms with van der Waals surface area (Å²) in [7, 11) is 0. The van der Waals surface area contributed by atoms with Crippen molar-refractivity contribution in [2.45, 2.75) is 6.04 Å². The number of carbonyl (C=O) groups is 1. The highest BCUT2D eigenvalue weighted by Crippen LogP contribution is 2.32. The zero-order valence-electron chi connectivity index (χ0n) is 7.71. The van der Waals surface area contributed by atoms with Crippen LogP contribution in [0.15, 0.2) is 18.2 Å². The van der Waals surface area contributed by atoms with E-state index in [0.717, 1.165) is 0 Å². The molecule has 0 heterocycles. The lowest BCUT2D eigenvalue weighted by Crippen LogP contribution is -2.32. The first-order valence-corrected chi connectivity index (χ1v) is 4.17. The monoisotopic (exact) mass is 213 g/mol. The maximum Gasteiger partial charge on any atom is 0.328 e. The number of aliphatic hydroxyl groups excluding tert-OH is 1. The van der Waals surface area contributed by atoms with E-state index in [2.05, 4.69) is 5.32 Å². The molecule has 15 heavy (non-hydrogen) atoms. The Morgan fingerprint density at radius 1 is 1.40 bits per heavy atom. The summed E-state index contributed by atoms with van der Waals surface area (Å²) in [4.78, 5) is 10.6. The van der Waals surface area contributed by atoms with Crippen molar-refractivity contribution in [1.29, 1.82) is 0 Å². The van der Waals surface area contributed by atoms with Gasteiger partial charge in [0, 0.05) is 0 Å². The maximum atomic E-state index is 10.6. The number of phenolic OH excluding ortho intramolecular Hbond substituents is 2. The van der Waals surface area contributed by atoms with Gasteiger partial charge in [-0.25, -0.2) is 4.79 Å². The van der Waals surface area contributed by atoms with Gasteiger partial charge in [-0.05, 0) is 12.1 Å². The van der Waals surface area contributed by atoms with E-state index in [-0.39, 0.29) is 11.4 Å². The summed E-state index contributed by atoms with van der Waals surface area (Å²) in [5.41, 5.74) is 0.0523. The van der Waals surface area contributed by atoms with Crippen molar-refractivity contribution < 1.29 is 25.2 Å². The minimum atomic E-state index is -1.25. The Bertz CT molecular complexity index is 366. The average Bonchev–Trinajstić information content (AvgIpc) is 2.19. The molecule has 0 saturated heterocycles. The third-order valence-corrected chi connectivity index (χ3v) is 1.83. The zero-order valence-corrected chi connectivity index (χ0v) is 7.71. The first-order chi connectivity index (χ1) is 7.06. The summed E-state index contributed by atoms with van der Waals surface area (Å²) in [6, 6.07) is 2.86. The molecule has 0 unspecified atom stereocenters. The van der Waals surface area contributed by atoms with E-state index < -0.39 is 24.4 Å². The van der Waals surface area contributed by atoms with Crippen molar-refractivity contribution in [3.8, 4) is 11.5 Å². The Labute approximate surface area is 85.4 Å². The minimum Gasteiger partial charge on any atom is -0.504 e. The molecule has 0 aromatic heterocycles. The minimum absolute atomic E-state index is 0.0523. The highest BCUT2D eigenvalue weighted by molar-refractivity contribution is 5.78. The van der Waals surface area contributed by atoms with Gasteiger partial charge in [-0.3, -0.25) is 0 Å². The molecule has 1 rings (SSSR count). The fourth-order valence-corrected chi connectivity index (χ4v) is 1.02. The summed E-state index contributed by atoms with van der Waals surface area (Å²) in [6.07, 6.45) is 0. The number of carboxylic acids is 1. The summed E-state index contributed by atoms with van der Waals surface area (Å²) in [6.45, 7) is -0.621. The topological polar surface area (TPSA) is 110 Å². The van der Waals surface area contributed by atoms with Crippen LogP contribution in [0.25, 0.3) is 0 Å². The molecule has 0 fully saturated rings. The van der Waals surface area contributed by atoms with Gasteiger partial charge in [0.25, 0.3) is 0 Å². The van der Waals surface area contributed by atoms with Crippen LogP contribution in [0.1, 0.15) is 0 Å². The van der Waals surface area contributed by atoms with Crippen LogP contribution in [0.2, 0.25) is 0 Å². The molecule has 0 saturated carbocycles. The number of hydrogen-bond acceptors (Lipinski definition) is 5. The molecular formula is C9H11NO5. The predicted molar refractivity (Wildman–Crippen MR) is 51.9 cm³/mol. The third-order valence-electron chi connectivity index (χ3n) is 1.83. The SMILES string of the molecule is O=C(O)[C@@H](CO)Nc1cccc(O)c1O. The van der Waals surface area contributed by atoms with Gasteiger partial charge in [0.1, 0.15) is 6.04 Å². The van der Waals surface area contributed by atoms with E-state index in [1.165, 1.54) is 18.2 Å². The Kier molecular flexibility index (Phi) is 3.35. The largest absolute Gasteiger partial charge is 0.504 e. The van der Waals surface area contributed by atoms with Crippen LogP contribution in [0.4, 0.5) is 5.69 Å². The molecule has 5 N–H and O–H groups in total. The van der Waals surface area contributed by atoms with E-state index in [9.17, 15) is 9.90 Å². The van der Waals surface area contributed by atoms with Crippen molar-refractivity contribution in [1.82, 2.24) is 0 Å². The summed E-state index contributed by atoms with van der Waals surface area (Å²) in [5, 5.41) is 38.2. The molecule has 0 spiro atoms. The molecule has 82 valence electrons. The van der Waals surface area contributed by atoms with E-state index in [4.69, 9.17) is 15.3 Å². The number of phenols is 2. The van der Waals surface area contributed by atoms with Crippen molar-refractivity contribution >= 4 is 11.7 Å². The number of carboxylic acid groups (broad SMARTS) is 1. The number of hydrogen-bond donors (Lipinski definition) is 5. The lowest BCUT2D eigenvalue weighted by molar-refractivity contribution is -0.138. The van der Waals surface area contributed by atoms with Crippen LogP contribution >= 0.6 is 0 Å². The molecule has 6 heteroatoms. The second-order valence-electron chi connectivity index (χ2n) is 2.89. The van der Waals surface area contributed by atoms with Crippen molar-refractivity contribution in [3.05, 3.63) is 18.2 Å². The summed E-state index contributed by atoms with van der Waals surface area (Å²) < 4.78 is 0. The zero-order chi connectivity index (χ0) is 11.4. The van der Waals surface area contributed by atoms with Crippen molar-refractivity contribution in [2.75, 3.05) is 11.9 Å². The van der Waals surface area contributed by atoms with Crippen LogP contribution in [0.3, 0.4) is 0 Å². The molecule has 0 radical (unpaired) electrons. The van der Waals surface area contributed by atoms with E-state index in [0.29, 0.717) is 0 Å². The Morgan fingerprint density at radius 2 is 2.07 bits per heavy atom. The lowest BCUT2D eigenvalue weighted by Gasteiger charge is -2.14. The molecule has 1 atom stereocenters. The molecule has 0 aliphatic carbocycles. The average molecular weight is 213 g/mol. The van der Waals surface area contributed by atoms with Gasteiger partial charge in [0.05, 0.1) is 12.3 Å². The maximum absolute atomic E-state index is 10.6. The number of benzene rings is 1. The molecule has 1 aromatic rings. The van der Waals surface area contributed by atoms with E-state index >= 15 is 0 Å². The van der Waals surface area contributed by atoms with E-state index in [1.54, 1.807) is 0 Å². The van der Waals surface area contributed by atoms with Crippen LogP contribution in [0.5, 0.6) is 11.5 Å². The molecule has 1 aromatic carbocycles. The van der Waals surface area contributed by atoms with Gasteiger partial charge >= 0.3 is 5.97 Å². The molecule has 6 nitrogen and oxygen atoms in total. The second kappa shape index (κ2) is 4.52. The molecule has 0 aliphatic heterocycles. The molecule has 0 aliphatic rings. The van der Waals surface area contributed by atoms with Crippen LogP contribution in [-0.4, -0.2) is 39.0 Å². The highest BCUT2D eigenvalue weighted by Gasteiger charge is 2.17. The predicted octanol–water partition coefficient (Wildman–Crippen LogP) is -0.0448. The molecular weight excluding hydrogens is 202 g/mol. The van der Waals surface area contributed by atoms with Crippen LogP contribution in [-0.2, 0) is 4.79 Å². The fourth-order valence-electron chi connectivity index (χ4n) is 1.02. The van der Waals surface area contributed by atoms with Gasteiger partial charge in [0.2, 0.25) is 0 Å². The third kappa shape index (κ3) is 2.50. The molecule has 0 bridgehead atoms. The van der Waals surface area contributed by atoms with Gasteiger partial charge in [-0.15, -0.1) is 0 Å².